The molecule has 0 saturated heterocycles. The van der Waals surface area contributed by atoms with Gasteiger partial charge in [0, 0.05) is 29.9 Å². The van der Waals surface area contributed by atoms with Crippen molar-refractivity contribution in [2.45, 2.75) is 125 Å². The van der Waals surface area contributed by atoms with Crippen LogP contribution in [0, 0.1) is 29.6 Å². The van der Waals surface area contributed by atoms with Crippen LogP contribution < -0.4 is 0 Å². The van der Waals surface area contributed by atoms with E-state index in [0.29, 0.717) is 29.7 Å². The number of hydrogen-bond acceptors (Lipinski definition) is 9. The first-order chi connectivity index (χ1) is 21.4. The molecule has 0 saturated carbocycles. The van der Waals surface area contributed by atoms with Crippen molar-refractivity contribution in [3.63, 3.8) is 0 Å². The Bertz CT molecular complexity index is 1170. The van der Waals surface area contributed by atoms with E-state index in [1.54, 1.807) is 33.8 Å². The average molecular weight is 649 g/mol. The third kappa shape index (κ3) is 13.7. The average Bonchev–Trinajstić information content (AvgIpc) is 3.22. The molecular weight excluding hydrogens is 592 g/mol. The van der Waals surface area contributed by atoms with Crippen molar-refractivity contribution in [2.24, 2.45) is 29.6 Å². The maximum atomic E-state index is 12.9. The number of carbonyl (C=O) groups excluding carboxylic acids is 3. The maximum absolute atomic E-state index is 12.9. The molecule has 10 nitrogen and oxygen atoms in total. The van der Waals surface area contributed by atoms with E-state index >= 15 is 0 Å². The molecule has 0 aromatic rings. The number of cyclic esters (lactones) is 1. The van der Waals surface area contributed by atoms with Crippen LogP contribution in [-0.4, -0.2) is 68.5 Å². The lowest BCUT2D eigenvalue weighted by atomic mass is 9.84. The molecule has 46 heavy (non-hydrogen) atoms. The Morgan fingerprint density at radius 2 is 1.54 bits per heavy atom. The first-order valence-corrected chi connectivity index (χ1v) is 16.4. The fraction of sp³-hybridized carbons (Fsp3) is 0.667. The lowest BCUT2D eigenvalue weighted by Gasteiger charge is -2.27. The molecule has 4 N–H and O–H groups in total. The summed E-state index contributed by atoms with van der Waals surface area (Å²) in [5.41, 5.74) is 1.33. The highest BCUT2D eigenvalue weighted by Gasteiger charge is 2.34. The molecule has 10 heteroatoms. The lowest BCUT2D eigenvalue weighted by Crippen LogP contribution is -2.36. The number of carboxylic acid groups (broad SMARTS) is 1. The SMILES string of the molecule is C=C1OC(=O)C(C(O)CC(=O)O[C@H](C)[C@@H](C)C(O)CC(=O)[C@@H](C)C(O)CCC(C)C[C@@H](C)CC(C)/C=C(/C=C/C(=O)O)CC)=C1C. The van der Waals surface area contributed by atoms with E-state index in [-0.39, 0.29) is 23.5 Å². The Morgan fingerprint density at radius 3 is 2.09 bits per heavy atom. The van der Waals surface area contributed by atoms with Gasteiger partial charge in [0.15, 0.2) is 0 Å². The fourth-order valence-electron chi connectivity index (χ4n) is 5.80. The van der Waals surface area contributed by atoms with Crippen LogP contribution in [0.25, 0.3) is 0 Å². The minimum atomic E-state index is -1.42. The number of carbonyl (C=O) groups is 4. The van der Waals surface area contributed by atoms with Crippen LogP contribution >= 0.6 is 0 Å². The van der Waals surface area contributed by atoms with Crippen LogP contribution in [0.2, 0.25) is 0 Å². The predicted octanol–water partition coefficient (Wildman–Crippen LogP) is 5.46. The smallest absolute Gasteiger partial charge is 0.342 e. The number of esters is 2. The third-order valence-electron chi connectivity index (χ3n) is 8.99. The van der Waals surface area contributed by atoms with E-state index in [9.17, 15) is 34.5 Å². The topological polar surface area (TPSA) is 168 Å². The molecule has 0 bridgehead atoms. The summed E-state index contributed by atoms with van der Waals surface area (Å²) >= 11 is 0. The van der Waals surface area contributed by atoms with Gasteiger partial charge >= 0.3 is 17.9 Å². The van der Waals surface area contributed by atoms with Crippen LogP contribution in [0.15, 0.2) is 47.3 Å². The largest absolute Gasteiger partial charge is 0.478 e. The quantitative estimate of drug-likeness (QED) is 0.0713. The van der Waals surface area contributed by atoms with Gasteiger partial charge in [-0.2, -0.15) is 0 Å². The van der Waals surface area contributed by atoms with E-state index in [1.165, 1.54) is 0 Å². The molecule has 1 aliphatic heterocycles. The summed E-state index contributed by atoms with van der Waals surface area (Å²) < 4.78 is 10.2. The molecule has 0 amide bonds. The van der Waals surface area contributed by atoms with Crippen molar-refractivity contribution >= 4 is 23.7 Å². The summed E-state index contributed by atoms with van der Waals surface area (Å²) in [6.07, 6.45) is 3.95. The van der Waals surface area contributed by atoms with E-state index < -0.39 is 60.6 Å². The van der Waals surface area contributed by atoms with Crippen LogP contribution in [0.5, 0.6) is 0 Å². The molecule has 1 rings (SSSR count). The van der Waals surface area contributed by atoms with E-state index in [4.69, 9.17) is 14.6 Å². The van der Waals surface area contributed by atoms with Crippen LogP contribution in [0.3, 0.4) is 0 Å². The van der Waals surface area contributed by atoms with Gasteiger partial charge in [0.1, 0.15) is 17.6 Å². The minimum Gasteiger partial charge on any atom is -0.478 e. The highest BCUT2D eigenvalue weighted by atomic mass is 16.5. The molecule has 0 radical (unpaired) electrons. The summed E-state index contributed by atoms with van der Waals surface area (Å²) in [6.45, 7) is 18.5. The summed E-state index contributed by atoms with van der Waals surface area (Å²) in [7, 11) is 0. The fourth-order valence-corrected chi connectivity index (χ4v) is 5.80. The Hall–Kier alpha value is -3.08. The van der Waals surface area contributed by atoms with Crippen molar-refractivity contribution in [2.75, 3.05) is 0 Å². The number of ether oxygens (including phenoxy) is 2. The number of Topliss-reactive ketones (excluding diaryl/α,β-unsaturated/α-hetero) is 1. The van der Waals surface area contributed by atoms with Gasteiger partial charge in [0.05, 0.1) is 30.3 Å². The highest BCUT2D eigenvalue weighted by molar-refractivity contribution is 5.96. The number of hydrogen-bond donors (Lipinski definition) is 4. The summed E-state index contributed by atoms with van der Waals surface area (Å²) in [5.74, 6) is -2.87. The Kier molecular flexibility index (Phi) is 17.4. The second-order valence-electron chi connectivity index (χ2n) is 13.2. The Balaban J connectivity index is 2.52. The Labute approximate surface area is 274 Å². The van der Waals surface area contributed by atoms with Crippen molar-refractivity contribution in [3.8, 4) is 0 Å². The molecule has 0 aliphatic carbocycles. The van der Waals surface area contributed by atoms with Gasteiger partial charge in [0.2, 0.25) is 0 Å². The molecule has 1 heterocycles. The van der Waals surface area contributed by atoms with Crippen molar-refractivity contribution in [1.82, 2.24) is 0 Å². The second-order valence-corrected chi connectivity index (χ2v) is 13.2. The first kappa shape index (κ1) is 40.9. The van der Waals surface area contributed by atoms with Gasteiger partial charge in [-0.1, -0.05) is 65.8 Å². The van der Waals surface area contributed by atoms with E-state index in [1.807, 2.05) is 6.92 Å². The Morgan fingerprint density at radius 1 is 0.913 bits per heavy atom. The van der Waals surface area contributed by atoms with E-state index in [2.05, 4.69) is 33.4 Å². The van der Waals surface area contributed by atoms with Crippen LogP contribution in [0.4, 0.5) is 0 Å². The standard InChI is InChI=1S/C36H56O10/c1-10-28(12-14-33(41)42)17-22(4)16-21(3)15-20(2)11-13-29(37)25(7)31(39)18-30(38)23(5)26(8)45-34(43)19-32(40)35-24(6)27(9)46-36(35)44/h12,14,17,20-23,25-26,29-30,32,37-38,40H,9-11,13,15-16,18-19H2,1-8H3,(H,41,42)/b14-12+,28-17+/t20?,21-,22?,23-,25+,26-,29?,30?,32?/m1/s1. The number of aliphatic hydroxyl groups excluding tert-OH is 3. The van der Waals surface area contributed by atoms with Gasteiger partial charge in [-0.05, 0) is 63.7 Å². The van der Waals surface area contributed by atoms with Gasteiger partial charge in [0.25, 0.3) is 0 Å². The van der Waals surface area contributed by atoms with Crippen molar-refractivity contribution in [3.05, 3.63) is 47.3 Å². The minimum absolute atomic E-state index is 0.0399. The summed E-state index contributed by atoms with van der Waals surface area (Å²) in [6, 6.07) is 0. The van der Waals surface area contributed by atoms with Gasteiger partial charge in [-0.3, -0.25) is 9.59 Å². The second kappa shape index (κ2) is 19.6. The number of aliphatic hydroxyl groups is 3. The number of ketones is 1. The van der Waals surface area contributed by atoms with Gasteiger partial charge in [-0.25, -0.2) is 9.59 Å². The highest BCUT2D eigenvalue weighted by Crippen LogP contribution is 2.29. The molecule has 0 aromatic carbocycles. The molecule has 0 spiro atoms. The number of rotatable bonds is 21. The monoisotopic (exact) mass is 648 g/mol. The number of allylic oxidation sites excluding steroid dienone is 4. The van der Waals surface area contributed by atoms with Crippen LogP contribution in [-0.2, 0) is 28.7 Å². The summed E-state index contributed by atoms with van der Waals surface area (Å²) in [5, 5.41) is 40.7. The van der Waals surface area contributed by atoms with E-state index in [0.717, 1.165) is 37.3 Å². The molecular formula is C36H56O10. The third-order valence-corrected chi connectivity index (χ3v) is 8.99. The van der Waals surface area contributed by atoms with Gasteiger partial charge in [-0.15, -0.1) is 0 Å². The lowest BCUT2D eigenvalue weighted by molar-refractivity contribution is -0.154. The first-order valence-electron chi connectivity index (χ1n) is 16.4. The number of carboxylic acids is 1. The number of aliphatic carboxylic acids is 1. The molecule has 260 valence electrons. The normalized spacial score (nSPS) is 20.0. The van der Waals surface area contributed by atoms with Crippen molar-refractivity contribution in [1.29, 1.82) is 0 Å². The zero-order valence-corrected chi connectivity index (χ0v) is 28.8. The zero-order chi connectivity index (χ0) is 35.3. The predicted molar refractivity (Wildman–Crippen MR) is 175 cm³/mol. The molecule has 0 fully saturated rings. The summed E-state index contributed by atoms with van der Waals surface area (Å²) in [4.78, 5) is 48.0. The van der Waals surface area contributed by atoms with Gasteiger partial charge < -0.3 is 29.9 Å². The van der Waals surface area contributed by atoms with Crippen molar-refractivity contribution < 1.29 is 49.1 Å². The zero-order valence-electron chi connectivity index (χ0n) is 28.8. The molecule has 5 unspecified atom stereocenters. The molecule has 0 aromatic heterocycles. The maximum Gasteiger partial charge on any atom is 0.342 e. The molecule has 9 atom stereocenters. The molecule has 1 aliphatic rings. The van der Waals surface area contributed by atoms with Crippen LogP contribution in [0.1, 0.15) is 100 Å².